The van der Waals surface area contributed by atoms with Crippen LogP contribution in [0.2, 0.25) is 0 Å². The fourth-order valence-electron chi connectivity index (χ4n) is 5.08. The maximum Gasteiger partial charge on any atom is 0.331 e. The molecule has 0 N–H and O–H groups in total. The first-order chi connectivity index (χ1) is 14.1. The lowest BCUT2D eigenvalue weighted by Gasteiger charge is -2.38. The van der Waals surface area contributed by atoms with Crippen LogP contribution in [0.25, 0.3) is 0 Å². The SMILES string of the molecule is CCOC(=O)C1C2COc3ccccc3C2N(C)C1(C(=O)OC)c1ccccc1. The molecule has 1 fully saturated rings. The van der Waals surface area contributed by atoms with Crippen LogP contribution in [0.3, 0.4) is 0 Å². The minimum absolute atomic E-state index is 0.186. The third kappa shape index (κ3) is 2.74. The maximum absolute atomic E-state index is 13.4. The molecule has 0 spiro atoms. The van der Waals surface area contributed by atoms with Gasteiger partial charge in [0.05, 0.1) is 26.2 Å². The number of rotatable bonds is 4. The monoisotopic (exact) mass is 395 g/mol. The maximum atomic E-state index is 13.4. The van der Waals surface area contributed by atoms with E-state index in [0.717, 1.165) is 11.3 Å². The smallest absolute Gasteiger partial charge is 0.331 e. The molecule has 0 radical (unpaired) electrons. The molecule has 152 valence electrons. The van der Waals surface area contributed by atoms with Crippen molar-refractivity contribution < 1.29 is 23.8 Å². The topological polar surface area (TPSA) is 65.1 Å². The Morgan fingerprint density at radius 2 is 1.83 bits per heavy atom. The first-order valence-corrected chi connectivity index (χ1v) is 9.82. The van der Waals surface area contributed by atoms with Crippen LogP contribution in [0.1, 0.15) is 24.1 Å². The van der Waals surface area contributed by atoms with Crippen LogP contribution in [-0.2, 0) is 24.6 Å². The molecule has 0 saturated carbocycles. The fourth-order valence-corrected chi connectivity index (χ4v) is 5.08. The Kier molecular flexibility index (Phi) is 5.04. The van der Waals surface area contributed by atoms with Crippen LogP contribution < -0.4 is 4.74 Å². The molecule has 1 saturated heterocycles. The zero-order chi connectivity index (χ0) is 20.6. The third-order valence-electron chi connectivity index (χ3n) is 6.18. The molecule has 2 heterocycles. The van der Waals surface area contributed by atoms with E-state index in [-0.39, 0.29) is 18.6 Å². The number of esters is 2. The van der Waals surface area contributed by atoms with Gasteiger partial charge in [-0.2, -0.15) is 0 Å². The number of fused-ring (bicyclic) bond motifs is 3. The minimum atomic E-state index is -1.31. The number of hydrogen-bond donors (Lipinski definition) is 0. The molecule has 6 heteroatoms. The van der Waals surface area contributed by atoms with Crippen molar-refractivity contribution in [3.8, 4) is 5.75 Å². The number of benzene rings is 2. The van der Waals surface area contributed by atoms with Gasteiger partial charge in [0, 0.05) is 17.5 Å². The molecular formula is C23H25NO5. The highest BCUT2D eigenvalue weighted by Crippen LogP contribution is 2.58. The molecule has 6 nitrogen and oxygen atoms in total. The molecule has 29 heavy (non-hydrogen) atoms. The Morgan fingerprint density at radius 3 is 2.52 bits per heavy atom. The van der Waals surface area contributed by atoms with Crippen molar-refractivity contribution in [2.45, 2.75) is 18.5 Å². The molecule has 2 aromatic carbocycles. The number of methoxy groups -OCH3 is 1. The van der Waals surface area contributed by atoms with E-state index in [4.69, 9.17) is 14.2 Å². The summed E-state index contributed by atoms with van der Waals surface area (Å²) in [7, 11) is 3.23. The molecule has 4 atom stereocenters. The Labute approximate surface area is 170 Å². The van der Waals surface area contributed by atoms with E-state index in [9.17, 15) is 9.59 Å². The summed E-state index contributed by atoms with van der Waals surface area (Å²) in [6, 6.07) is 16.9. The summed E-state index contributed by atoms with van der Waals surface area (Å²) >= 11 is 0. The summed E-state index contributed by atoms with van der Waals surface area (Å²) in [5.41, 5.74) is 0.361. The summed E-state index contributed by atoms with van der Waals surface area (Å²) in [4.78, 5) is 28.6. The number of nitrogens with zero attached hydrogens (tertiary/aromatic N) is 1. The number of likely N-dealkylation sites (N-methyl/N-ethyl adjacent to an activating group) is 1. The molecule has 2 aliphatic rings. The number of para-hydroxylation sites is 1. The van der Waals surface area contributed by atoms with Gasteiger partial charge in [0.2, 0.25) is 0 Å². The molecule has 0 aliphatic carbocycles. The van der Waals surface area contributed by atoms with Crippen molar-refractivity contribution in [3.05, 3.63) is 65.7 Å². The molecule has 2 aliphatic heterocycles. The zero-order valence-electron chi connectivity index (χ0n) is 16.8. The van der Waals surface area contributed by atoms with Crippen LogP contribution in [0.15, 0.2) is 54.6 Å². The number of carbonyl (C=O) groups is 2. The van der Waals surface area contributed by atoms with Crippen molar-refractivity contribution in [2.24, 2.45) is 11.8 Å². The van der Waals surface area contributed by atoms with Gasteiger partial charge in [0.1, 0.15) is 5.75 Å². The minimum Gasteiger partial charge on any atom is -0.493 e. The second-order valence-electron chi connectivity index (χ2n) is 7.42. The molecule has 4 unspecified atom stereocenters. The number of hydrogen-bond acceptors (Lipinski definition) is 6. The van der Waals surface area contributed by atoms with Gasteiger partial charge in [-0.1, -0.05) is 48.5 Å². The molecule has 0 bridgehead atoms. The summed E-state index contributed by atoms with van der Waals surface area (Å²) in [6.45, 7) is 2.32. The van der Waals surface area contributed by atoms with E-state index in [1.807, 2.05) is 66.5 Å². The van der Waals surface area contributed by atoms with Crippen molar-refractivity contribution in [1.29, 1.82) is 0 Å². The van der Waals surface area contributed by atoms with Crippen molar-refractivity contribution in [3.63, 3.8) is 0 Å². The second-order valence-corrected chi connectivity index (χ2v) is 7.42. The summed E-state index contributed by atoms with van der Waals surface area (Å²) < 4.78 is 16.7. The molecule has 4 rings (SSSR count). The lowest BCUT2D eigenvalue weighted by molar-refractivity contribution is -0.167. The van der Waals surface area contributed by atoms with Crippen LogP contribution in [-0.4, -0.2) is 44.2 Å². The average molecular weight is 395 g/mol. The molecule has 0 aromatic heterocycles. The van der Waals surface area contributed by atoms with E-state index in [1.54, 1.807) is 6.92 Å². The normalized spacial score (nSPS) is 28.0. The van der Waals surface area contributed by atoms with Gasteiger partial charge in [0.25, 0.3) is 0 Å². The Balaban J connectivity index is 1.97. The van der Waals surface area contributed by atoms with Gasteiger partial charge in [-0.05, 0) is 25.6 Å². The number of likely N-dealkylation sites (tertiary alicyclic amines) is 1. The first kappa shape index (κ1) is 19.5. The molecule has 2 aromatic rings. The molecular weight excluding hydrogens is 370 g/mol. The van der Waals surface area contributed by atoms with E-state index in [2.05, 4.69) is 0 Å². The Hall–Kier alpha value is -2.86. The number of carbonyl (C=O) groups excluding carboxylic acids is 2. The third-order valence-corrected chi connectivity index (χ3v) is 6.18. The second kappa shape index (κ2) is 7.52. The highest BCUT2D eigenvalue weighted by Gasteiger charge is 2.67. The highest BCUT2D eigenvalue weighted by molar-refractivity contribution is 5.91. The van der Waals surface area contributed by atoms with Gasteiger partial charge in [-0.25, -0.2) is 4.79 Å². The lowest BCUT2D eigenvalue weighted by atomic mass is 9.73. The fraction of sp³-hybridized carbons (Fsp3) is 0.391. The lowest BCUT2D eigenvalue weighted by Crippen LogP contribution is -2.53. The standard InChI is InChI=1S/C23H25NO5/c1-4-28-21(25)19-17-14-29-18-13-9-8-12-16(18)20(17)24(2)23(19,22(26)27-3)15-10-6-5-7-11-15/h5-13,17,19-20H,4,14H2,1-3H3. The summed E-state index contributed by atoms with van der Waals surface area (Å²) in [5, 5.41) is 0. The van der Waals surface area contributed by atoms with Crippen molar-refractivity contribution >= 4 is 11.9 Å². The predicted molar refractivity (Wildman–Crippen MR) is 106 cm³/mol. The van der Waals surface area contributed by atoms with Crippen molar-refractivity contribution in [2.75, 3.05) is 27.4 Å². The van der Waals surface area contributed by atoms with E-state index in [0.29, 0.717) is 12.2 Å². The van der Waals surface area contributed by atoms with Gasteiger partial charge in [0.15, 0.2) is 5.54 Å². The van der Waals surface area contributed by atoms with Gasteiger partial charge in [-0.15, -0.1) is 0 Å². The Morgan fingerprint density at radius 1 is 1.14 bits per heavy atom. The molecule has 0 amide bonds. The summed E-state index contributed by atoms with van der Waals surface area (Å²) in [5.74, 6) is -1.13. The van der Waals surface area contributed by atoms with E-state index >= 15 is 0 Å². The Bertz CT molecular complexity index is 914. The zero-order valence-corrected chi connectivity index (χ0v) is 16.8. The predicted octanol–water partition coefficient (Wildman–Crippen LogP) is 2.93. The number of ether oxygens (including phenoxy) is 3. The van der Waals surface area contributed by atoms with Crippen LogP contribution in [0.4, 0.5) is 0 Å². The summed E-state index contributed by atoms with van der Waals surface area (Å²) in [6.07, 6.45) is 0. The largest absolute Gasteiger partial charge is 0.493 e. The van der Waals surface area contributed by atoms with Gasteiger partial charge >= 0.3 is 11.9 Å². The average Bonchev–Trinajstić information content (AvgIpc) is 3.04. The van der Waals surface area contributed by atoms with Gasteiger partial charge < -0.3 is 14.2 Å². The first-order valence-electron chi connectivity index (χ1n) is 9.82. The van der Waals surface area contributed by atoms with Crippen LogP contribution >= 0.6 is 0 Å². The van der Waals surface area contributed by atoms with Crippen LogP contribution in [0, 0.1) is 11.8 Å². The van der Waals surface area contributed by atoms with Crippen molar-refractivity contribution in [1.82, 2.24) is 4.90 Å². The van der Waals surface area contributed by atoms with E-state index < -0.39 is 23.4 Å². The van der Waals surface area contributed by atoms with Gasteiger partial charge in [-0.3, -0.25) is 9.69 Å². The van der Waals surface area contributed by atoms with Crippen LogP contribution in [0.5, 0.6) is 5.75 Å². The highest BCUT2D eigenvalue weighted by atomic mass is 16.5. The quantitative estimate of drug-likeness (QED) is 0.742. The van der Waals surface area contributed by atoms with E-state index in [1.165, 1.54) is 7.11 Å².